The largest absolute Gasteiger partial charge is 0.383 e. The highest BCUT2D eigenvalue weighted by atomic mass is 79.9. The van der Waals surface area contributed by atoms with Crippen molar-refractivity contribution in [3.05, 3.63) is 28.5 Å². The van der Waals surface area contributed by atoms with Crippen LogP contribution in [0.1, 0.15) is 30.1 Å². The molecule has 1 amide bonds. The van der Waals surface area contributed by atoms with E-state index in [1.807, 2.05) is 4.90 Å². The minimum absolute atomic E-state index is 0.0384. The van der Waals surface area contributed by atoms with Crippen molar-refractivity contribution in [2.75, 3.05) is 20.3 Å². The fourth-order valence-electron chi connectivity index (χ4n) is 2.18. The number of rotatable bonds is 6. The van der Waals surface area contributed by atoms with E-state index in [4.69, 9.17) is 4.74 Å². The quantitative estimate of drug-likeness (QED) is 0.755. The van der Waals surface area contributed by atoms with Crippen molar-refractivity contribution in [3.8, 4) is 0 Å². The molecule has 1 fully saturated rings. The molecule has 0 N–H and O–H groups in total. The van der Waals surface area contributed by atoms with E-state index in [9.17, 15) is 4.79 Å². The first-order valence-electron chi connectivity index (χ1n) is 6.55. The standard InChI is InChI=1S/C14H19BrN2O2/c1-10(11-3-4-11)17(7-8-19-2)14(18)12-5-6-13(15)16-9-12/h5-6,9-11H,3-4,7-8H2,1-2H3. The first kappa shape index (κ1) is 14.5. The molecule has 2 rings (SSSR count). The van der Waals surface area contributed by atoms with Crippen molar-refractivity contribution in [2.24, 2.45) is 5.92 Å². The smallest absolute Gasteiger partial charge is 0.255 e. The number of hydrogen-bond donors (Lipinski definition) is 0. The van der Waals surface area contributed by atoms with Gasteiger partial charge in [0.1, 0.15) is 4.60 Å². The van der Waals surface area contributed by atoms with E-state index >= 15 is 0 Å². The number of aromatic nitrogens is 1. The van der Waals surface area contributed by atoms with Gasteiger partial charge in [-0.3, -0.25) is 4.79 Å². The van der Waals surface area contributed by atoms with Crippen molar-refractivity contribution >= 4 is 21.8 Å². The fourth-order valence-corrected chi connectivity index (χ4v) is 2.42. The van der Waals surface area contributed by atoms with Crippen LogP contribution in [0.15, 0.2) is 22.9 Å². The second-order valence-electron chi connectivity index (χ2n) is 4.94. The van der Waals surface area contributed by atoms with Crippen LogP contribution in [-0.2, 0) is 4.74 Å². The van der Waals surface area contributed by atoms with Gasteiger partial charge in [-0.15, -0.1) is 0 Å². The molecule has 1 aromatic heterocycles. The van der Waals surface area contributed by atoms with E-state index in [1.165, 1.54) is 12.8 Å². The number of carbonyl (C=O) groups excluding carboxylic acids is 1. The molecule has 104 valence electrons. The molecule has 1 aliphatic rings. The summed E-state index contributed by atoms with van der Waals surface area (Å²) in [5.41, 5.74) is 0.631. The molecule has 19 heavy (non-hydrogen) atoms. The summed E-state index contributed by atoms with van der Waals surface area (Å²) in [6, 6.07) is 3.87. The average Bonchev–Trinajstić information content (AvgIpc) is 3.23. The van der Waals surface area contributed by atoms with Gasteiger partial charge in [-0.2, -0.15) is 0 Å². The number of pyridine rings is 1. The maximum absolute atomic E-state index is 12.6. The Morgan fingerprint density at radius 2 is 2.32 bits per heavy atom. The predicted octanol–water partition coefficient (Wildman–Crippen LogP) is 2.73. The van der Waals surface area contributed by atoms with Crippen LogP contribution in [0, 0.1) is 5.92 Å². The number of halogens is 1. The minimum Gasteiger partial charge on any atom is -0.383 e. The Balaban J connectivity index is 2.11. The molecule has 1 unspecified atom stereocenters. The van der Waals surface area contributed by atoms with E-state index in [0.29, 0.717) is 24.6 Å². The van der Waals surface area contributed by atoms with Crippen molar-refractivity contribution in [1.82, 2.24) is 9.88 Å². The van der Waals surface area contributed by atoms with E-state index in [-0.39, 0.29) is 11.9 Å². The Bertz CT molecular complexity index is 432. The van der Waals surface area contributed by atoms with Gasteiger partial charge in [0.25, 0.3) is 5.91 Å². The normalized spacial score (nSPS) is 16.2. The van der Waals surface area contributed by atoms with Gasteiger partial charge in [-0.1, -0.05) is 0 Å². The molecule has 5 heteroatoms. The number of carbonyl (C=O) groups is 1. The van der Waals surface area contributed by atoms with Crippen LogP contribution in [0.3, 0.4) is 0 Å². The number of nitrogens with zero attached hydrogens (tertiary/aromatic N) is 2. The molecule has 1 heterocycles. The summed E-state index contributed by atoms with van der Waals surface area (Å²) in [4.78, 5) is 18.6. The average molecular weight is 327 g/mol. The third-order valence-corrected chi connectivity index (χ3v) is 4.04. The van der Waals surface area contributed by atoms with Crippen molar-refractivity contribution in [2.45, 2.75) is 25.8 Å². The van der Waals surface area contributed by atoms with Crippen LogP contribution < -0.4 is 0 Å². The molecule has 1 aromatic rings. The van der Waals surface area contributed by atoms with Crippen LogP contribution >= 0.6 is 15.9 Å². The topological polar surface area (TPSA) is 42.4 Å². The lowest BCUT2D eigenvalue weighted by atomic mass is 10.1. The van der Waals surface area contributed by atoms with Gasteiger partial charge in [-0.05, 0) is 53.7 Å². The zero-order valence-corrected chi connectivity index (χ0v) is 12.9. The summed E-state index contributed by atoms with van der Waals surface area (Å²) in [5.74, 6) is 0.681. The highest BCUT2D eigenvalue weighted by Crippen LogP contribution is 2.35. The second kappa shape index (κ2) is 6.48. The molecule has 1 atom stereocenters. The van der Waals surface area contributed by atoms with Gasteiger partial charge in [0, 0.05) is 25.9 Å². The van der Waals surface area contributed by atoms with Crippen LogP contribution in [0.25, 0.3) is 0 Å². The van der Waals surface area contributed by atoms with Crippen LogP contribution in [0.5, 0.6) is 0 Å². The third kappa shape index (κ3) is 3.76. The third-order valence-electron chi connectivity index (χ3n) is 3.57. The zero-order valence-electron chi connectivity index (χ0n) is 11.3. The molecular formula is C14H19BrN2O2. The van der Waals surface area contributed by atoms with E-state index in [1.54, 1.807) is 25.4 Å². The Morgan fingerprint density at radius 3 is 2.84 bits per heavy atom. The maximum Gasteiger partial charge on any atom is 0.255 e. The first-order chi connectivity index (χ1) is 9.13. The predicted molar refractivity (Wildman–Crippen MR) is 77.0 cm³/mol. The van der Waals surface area contributed by atoms with Gasteiger partial charge in [0.05, 0.1) is 12.2 Å². The Morgan fingerprint density at radius 1 is 1.58 bits per heavy atom. The van der Waals surface area contributed by atoms with E-state index < -0.39 is 0 Å². The Hall–Kier alpha value is -0.940. The second-order valence-corrected chi connectivity index (χ2v) is 5.75. The molecule has 0 spiro atoms. The van der Waals surface area contributed by atoms with Gasteiger partial charge in [0.2, 0.25) is 0 Å². The van der Waals surface area contributed by atoms with E-state index in [0.717, 1.165) is 4.60 Å². The van der Waals surface area contributed by atoms with Crippen LogP contribution in [0.2, 0.25) is 0 Å². The lowest BCUT2D eigenvalue weighted by Crippen LogP contribution is -2.42. The van der Waals surface area contributed by atoms with E-state index in [2.05, 4.69) is 27.8 Å². The molecule has 0 aliphatic heterocycles. The summed E-state index contributed by atoms with van der Waals surface area (Å²) < 4.78 is 5.85. The summed E-state index contributed by atoms with van der Waals surface area (Å²) in [7, 11) is 1.66. The molecule has 1 saturated carbocycles. The molecule has 0 saturated heterocycles. The number of amides is 1. The molecular weight excluding hydrogens is 308 g/mol. The Kier molecular flexibility index (Phi) is 4.93. The van der Waals surface area contributed by atoms with Crippen molar-refractivity contribution < 1.29 is 9.53 Å². The summed E-state index contributed by atoms with van der Waals surface area (Å²) in [6.45, 7) is 3.31. The summed E-state index contributed by atoms with van der Waals surface area (Å²) in [5, 5.41) is 0. The summed E-state index contributed by atoms with van der Waals surface area (Å²) >= 11 is 3.28. The minimum atomic E-state index is 0.0384. The van der Waals surface area contributed by atoms with Gasteiger partial charge in [0.15, 0.2) is 0 Å². The number of hydrogen-bond acceptors (Lipinski definition) is 3. The van der Waals surface area contributed by atoms with Crippen molar-refractivity contribution in [3.63, 3.8) is 0 Å². The van der Waals surface area contributed by atoms with Gasteiger partial charge in [-0.25, -0.2) is 4.98 Å². The van der Waals surface area contributed by atoms with Gasteiger partial charge >= 0.3 is 0 Å². The molecule has 0 bridgehead atoms. The SMILES string of the molecule is COCCN(C(=O)c1ccc(Br)nc1)C(C)C1CC1. The maximum atomic E-state index is 12.6. The number of methoxy groups -OCH3 is 1. The fraction of sp³-hybridized carbons (Fsp3) is 0.571. The lowest BCUT2D eigenvalue weighted by molar-refractivity contribution is 0.0594. The summed E-state index contributed by atoms with van der Waals surface area (Å²) in [6.07, 6.45) is 4.05. The highest BCUT2D eigenvalue weighted by Gasteiger charge is 2.34. The Labute approximate surface area is 122 Å². The number of ether oxygens (including phenoxy) is 1. The highest BCUT2D eigenvalue weighted by molar-refractivity contribution is 9.10. The van der Waals surface area contributed by atoms with Gasteiger partial charge < -0.3 is 9.64 Å². The lowest BCUT2D eigenvalue weighted by Gasteiger charge is -2.29. The monoisotopic (exact) mass is 326 g/mol. The zero-order chi connectivity index (χ0) is 13.8. The molecule has 4 nitrogen and oxygen atoms in total. The van der Waals surface area contributed by atoms with Crippen LogP contribution in [-0.4, -0.2) is 42.1 Å². The molecule has 0 aromatic carbocycles. The van der Waals surface area contributed by atoms with Crippen LogP contribution in [0.4, 0.5) is 0 Å². The molecule has 0 radical (unpaired) electrons. The first-order valence-corrected chi connectivity index (χ1v) is 7.34. The van der Waals surface area contributed by atoms with Crippen molar-refractivity contribution in [1.29, 1.82) is 0 Å². The molecule has 1 aliphatic carbocycles.